The second-order valence-electron chi connectivity index (χ2n) is 17.1. The molecule has 0 aromatic carbocycles. The molecule has 374 valence electrons. The van der Waals surface area contributed by atoms with E-state index in [0.29, 0.717) is 12.8 Å². The van der Waals surface area contributed by atoms with Crippen molar-refractivity contribution in [2.75, 3.05) is 19.0 Å². The molecule has 0 radical (unpaired) electrons. The third-order valence-electron chi connectivity index (χ3n) is 11.1. The smallest absolute Gasteiger partial charge is 0.306 e. The maximum absolute atomic E-state index is 12.9. The quantitative estimate of drug-likeness (QED) is 0.0197. The lowest BCUT2D eigenvalue weighted by Crippen LogP contribution is -2.60. The minimum absolute atomic E-state index is 0.0921. The Morgan fingerprint density at radius 1 is 0.538 bits per heavy atom. The van der Waals surface area contributed by atoms with E-state index >= 15 is 0 Å². The summed E-state index contributed by atoms with van der Waals surface area (Å²) in [5, 5.41) is 30.9. The first-order valence-electron chi connectivity index (χ1n) is 25.0. The summed E-state index contributed by atoms with van der Waals surface area (Å²) in [4.78, 5) is 25.5. The number of hydrogen-bond donors (Lipinski definition) is 4. The van der Waals surface area contributed by atoms with Gasteiger partial charge in [0.25, 0.3) is 10.1 Å². The van der Waals surface area contributed by atoms with Crippen molar-refractivity contribution in [2.24, 2.45) is 0 Å². The number of carbonyl (C=O) groups excluding carboxylic acids is 2. The number of aliphatic hydroxyl groups excluding tert-OH is 3. The largest absolute Gasteiger partial charge is 0.462 e. The first-order valence-corrected chi connectivity index (χ1v) is 26.6. The van der Waals surface area contributed by atoms with Crippen molar-refractivity contribution >= 4 is 22.1 Å². The third-order valence-corrected chi connectivity index (χ3v) is 11.8. The van der Waals surface area contributed by atoms with Gasteiger partial charge >= 0.3 is 11.9 Å². The Morgan fingerprint density at radius 2 is 0.969 bits per heavy atom. The van der Waals surface area contributed by atoms with Gasteiger partial charge in [-0.3, -0.25) is 14.1 Å². The molecule has 1 fully saturated rings. The van der Waals surface area contributed by atoms with Gasteiger partial charge < -0.3 is 34.3 Å². The highest BCUT2D eigenvalue weighted by molar-refractivity contribution is 7.85. The molecule has 4 N–H and O–H groups in total. The third kappa shape index (κ3) is 35.9. The van der Waals surface area contributed by atoms with Crippen LogP contribution in [0.1, 0.15) is 187 Å². The molecular weight excluding hydrogens is 849 g/mol. The van der Waals surface area contributed by atoms with E-state index in [0.717, 1.165) is 57.8 Å². The standard InChI is InChI=1S/C52H88O12S/c1-3-5-7-9-11-13-15-17-19-21-23-25-26-28-30-32-34-36-38-40-47(53)61-42-45(43-62-52-51(57)50(56)49(55)46(64-52)44-65(58,59)60)63-48(54)41-39-37-35-33-31-29-27-24-22-20-18-16-14-12-10-8-6-4-2/h5,7,11,13,17,19,23,25,28,30,34,36,45-46,49-52,55-57H,3-4,6,8-10,12,14-16,18,20-22,24,26-27,29,31-33,35,37-44H2,1-2H3,(H,58,59,60)/b7-5+,13-11+,19-17+,25-23+,30-28+,36-34+/t45-,46-,49-,50?,51?,52+/m1/s1. The zero-order valence-electron chi connectivity index (χ0n) is 40.1. The van der Waals surface area contributed by atoms with Crippen LogP contribution in [0.25, 0.3) is 0 Å². The molecule has 0 aromatic heterocycles. The van der Waals surface area contributed by atoms with E-state index in [1.54, 1.807) is 0 Å². The van der Waals surface area contributed by atoms with Crippen LogP contribution in [-0.4, -0.2) is 96.0 Å². The Labute approximate surface area is 393 Å². The number of rotatable bonds is 41. The van der Waals surface area contributed by atoms with Crippen LogP contribution in [0, 0.1) is 0 Å². The number of allylic oxidation sites excluding steroid dienone is 12. The SMILES string of the molecule is CC/C=C/C/C=C/C/C=C/C/C=C/C/C=C/C/C=C/CCC(=O)OC[C@H](CO[C@H]1O[C@H](CS(=O)(=O)O)[C@@H](O)C(O)C1O)OC(=O)CCCCCCCCCCCCCCCCCCCC. The molecule has 12 nitrogen and oxygen atoms in total. The van der Waals surface area contributed by atoms with Gasteiger partial charge in [0.2, 0.25) is 0 Å². The predicted molar refractivity (Wildman–Crippen MR) is 261 cm³/mol. The molecule has 2 unspecified atom stereocenters. The highest BCUT2D eigenvalue weighted by Crippen LogP contribution is 2.24. The zero-order valence-corrected chi connectivity index (χ0v) is 40.9. The van der Waals surface area contributed by atoms with Crippen LogP contribution in [0.2, 0.25) is 0 Å². The summed E-state index contributed by atoms with van der Waals surface area (Å²) in [6.45, 7) is 3.60. The van der Waals surface area contributed by atoms with E-state index < -0.39 is 71.2 Å². The minimum Gasteiger partial charge on any atom is -0.462 e. The van der Waals surface area contributed by atoms with Gasteiger partial charge in [-0.2, -0.15) is 8.42 Å². The van der Waals surface area contributed by atoms with Crippen molar-refractivity contribution in [2.45, 2.75) is 224 Å². The van der Waals surface area contributed by atoms with Crippen molar-refractivity contribution in [3.05, 3.63) is 72.9 Å². The number of ether oxygens (including phenoxy) is 4. The van der Waals surface area contributed by atoms with Crippen LogP contribution < -0.4 is 0 Å². The van der Waals surface area contributed by atoms with Crippen molar-refractivity contribution in [3.63, 3.8) is 0 Å². The molecule has 0 saturated carbocycles. The highest BCUT2D eigenvalue weighted by atomic mass is 32.2. The average Bonchev–Trinajstić information content (AvgIpc) is 3.27. The molecule has 1 rings (SSSR count). The zero-order chi connectivity index (χ0) is 47.6. The van der Waals surface area contributed by atoms with Gasteiger partial charge in [-0.1, -0.05) is 196 Å². The van der Waals surface area contributed by atoms with Crippen LogP contribution in [0.4, 0.5) is 0 Å². The highest BCUT2D eigenvalue weighted by Gasteiger charge is 2.46. The first-order chi connectivity index (χ1) is 31.5. The Morgan fingerprint density at radius 3 is 1.42 bits per heavy atom. The van der Waals surface area contributed by atoms with E-state index in [1.165, 1.54) is 89.9 Å². The summed E-state index contributed by atoms with van der Waals surface area (Å²) in [7, 11) is -4.61. The number of esters is 2. The summed E-state index contributed by atoms with van der Waals surface area (Å²) in [6.07, 6.45) is 43.8. The summed E-state index contributed by atoms with van der Waals surface area (Å²) in [5.74, 6) is -2.09. The number of hydrogen-bond acceptors (Lipinski definition) is 11. The monoisotopic (exact) mass is 937 g/mol. The van der Waals surface area contributed by atoms with Crippen LogP contribution in [0.5, 0.6) is 0 Å². The normalized spacial score (nSPS) is 20.1. The summed E-state index contributed by atoms with van der Waals surface area (Å²) in [6, 6.07) is 0. The van der Waals surface area contributed by atoms with Gasteiger partial charge in [0.15, 0.2) is 12.4 Å². The molecule has 65 heavy (non-hydrogen) atoms. The molecule has 0 amide bonds. The Bertz CT molecular complexity index is 1470. The molecule has 0 aliphatic carbocycles. The maximum Gasteiger partial charge on any atom is 0.306 e. The fourth-order valence-electron chi connectivity index (χ4n) is 7.23. The van der Waals surface area contributed by atoms with Crippen LogP contribution >= 0.6 is 0 Å². The maximum atomic E-state index is 12.9. The molecule has 0 bridgehead atoms. The van der Waals surface area contributed by atoms with E-state index in [9.17, 15) is 37.9 Å². The number of carbonyl (C=O) groups is 2. The van der Waals surface area contributed by atoms with E-state index in [4.69, 9.17) is 18.9 Å². The van der Waals surface area contributed by atoms with Crippen LogP contribution in [0.3, 0.4) is 0 Å². The Balaban J connectivity index is 2.45. The van der Waals surface area contributed by atoms with E-state index in [2.05, 4.69) is 74.6 Å². The fourth-order valence-corrected chi connectivity index (χ4v) is 7.92. The molecule has 0 spiro atoms. The Kier molecular flexibility index (Phi) is 38.2. The molecule has 1 aliphatic rings. The molecule has 1 heterocycles. The lowest BCUT2D eigenvalue weighted by molar-refractivity contribution is -0.297. The average molecular weight is 937 g/mol. The lowest BCUT2D eigenvalue weighted by Gasteiger charge is -2.40. The lowest BCUT2D eigenvalue weighted by atomic mass is 10.00. The first kappa shape index (κ1) is 60.1. The van der Waals surface area contributed by atoms with Gasteiger partial charge in [0.05, 0.1) is 6.61 Å². The number of unbranched alkanes of at least 4 members (excludes halogenated alkanes) is 17. The summed E-state index contributed by atoms with van der Waals surface area (Å²) >= 11 is 0. The molecule has 6 atom stereocenters. The predicted octanol–water partition coefficient (Wildman–Crippen LogP) is 11.1. The van der Waals surface area contributed by atoms with Crippen molar-refractivity contribution in [3.8, 4) is 0 Å². The Hall–Kier alpha value is -2.91. The second-order valence-corrected chi connectivity index (χ2v) is 18.6. The summed E-state index contributed by atoms with van der Waals surface area (Å²) in [5.41, 5.74) is 0. The van der Waals surface area contributed by atoms with Gasteiger partial charge in [-0.05, 0) is 51.4 Å². The molecule has 0 aromatic rings. The fraction of sp³-hybridized carbons (Fsp3) is 0.731. The molecule has 1 aliphatic heterocycles. The molecule has 1 saturated heterocycles. The minimum atomic E-state index is -4.61. The summed E-state index contributed by atoms with van der Waals surface area (Å²) < 4.78 is 54.1. The molecule has 13 heteroatoms. The van der Waals surface area contributed by atoms with Crippen molar-refractivity contribution in [1.29, 1.82) is 0 Å². The van der Waals surface area contributed by atoms with Crippen LogP contribution in [-0.2, 0) is 38.7 Å². The van der Waals surface area contributed by atoms with Gasteiger partial charge in [0, 0.05) is 12.8 Å². The van der Waals surface area contributed by atoms with Crippen LogP contribution in [0.15, 0.2) is 72.9 Å². The van der Waals surface area contributed by atoms with Gasteiger partial charge in [0.1, 0.15) is 36.8 Å². The van der Waals surface area contributed by atoms with Gasteiger partial charge in [-0.15, -0.1) is 0 Å². The van der Waals surface area contributed by atoms with E-state index in [-0.39, 0.29) is 19.4 Å². The topological polar surface area (TPSA) is 186 Å². The second kappa shape index (κ2) is 41.3. The van der Waals surface area contributed by atoms with Gasteiger partial charge in [-0.25, -0.2) is 0 Å². The van der Waals surface area contributed by atoms with Crippen molar-refractivity contribution < 1.29 is 56.8 Å². The van der Waals surface area contributed by atoms with E-state index in [1.807, 2.05) is 12.2 Å². The number of aliphatic hydroxyl groups is 3. The molecular formula is C52H88O12S. The van der Waals surface area contributed by atoms with Crippen molar-refractivity contribution in [1.82, 2.24) is 0 Å².